The van der Waals surface area contributed by atoms with E-state index in [1.165, 1.54) is 12.8 Å². The molecule has 0 heterocycles. The maximum atomic E-state index is 12.4. The first-order valence-electron chi connectivity index (χ1n) is 9.23. The highest BCUT2D eigenvalue weighted by atomic mass is 32.2. The second kappa shape index (κ2) is 8.39. The smallest absolute Gasteiger partial charge is 0.154 e. The van der Waals surface area contributed by atoms with E-state index in [0.717, 1.165) is 24.3 Å². The molecule has 1 saturated carbocycles. The minimum absolute atomic E-state index is 0.0366. The summed E-state index contributed by atoms with van der Waals surface area (Å²) in [6.07, 6.45) is 7.18. The monoisotopic (exact) mass is 364 g/mol. The summed E-state index contributed by atoms with van der Waals surface area (Å²) in [6, 6.07) is 7.86. The molecular formula is C21H32O3S. The first-order chi connectivity index (χ1) is 11.6. The Balaban J connectivity index is 1.88. The Morgan fingerprint density at radius 1 is 1.24 bits per heavy atom. The Kier molecular flexibility index (Phi) is 6.72. The predicted octanol–water partition coefficient (Wildman–Crippen LogP) is 4.99. The van der Waals surface area contributed by atoms with Gasteiger partial charge in [-0.25, -0.2) is 8.42 Å². The second-order valence-electron chi connectivity index (χ2n) is 8.54. The van der Waals surface area contributed by atoms with Gasteiger partial charge < -0.3 is 4.74 Å². The fraction of sp³-hybridized carbons (Fsp3) is 0.619. The Hall–Kier alpha value is -1.29. The van der Waals surface area contributed by atoms with E-state index < -0.39 is 9.84 Å². The van der Waals surface area contributed by atoms with Crippen molar-refractivity contribution >= 4 is 9.84 Å². The number of benzene rings is 1. The Morgan fingerprint density at radius 2 is 1.96 bits per heavy atom. The molecule has 0 unspecified atom stereocenters. The van der Waals surface area contributed by atoms with E-state index in [1.54, 1.807) is 6.08 Å². The molecule has 2 rings (SSSR count). The van der Waals surface area contributed by atoms with Gasteiger partial charge in [0, 0.05) is 0 Å². The SMILES string of the molecule is C[C@@H](CS(=O)(=O)C/C=C/CC(C)(C)C)c1cccc(OCC2CC2)c1. The molecule has 25 heavy (non-hydrogen) atoms. The van der Waals surface area contributed by atoms with Crippen molar-refractivity contribution in [2.75, 3.05) is 18.1 Å². The quantitative estimate of drug-likeness (QED) is 0.580. The van der Waals surface area contributed by atoms with E-state index in [4.69, 9.17) is 4.74 Å². The summed E-state index contributed by atoms with van der Waals surface area (Å²) in [4.78, 5) is 0. The maximum absolute atomic E-state index is 12.4. The number of hydrogen-bond acceptors (Lipinski definition) is 3. The average Bonchev–Trinajstić information content (AvgIpc) is 3.33. The summed E-state index contributed by atoms with van der Waals surface area (Å²) < 4.78 is 30.5. The molecule has 140 valence electrons. The van der Waals surface area contributed by atoms with Crippen LogP contribution in [-0.4, -0.2) is 26.5 Å². The standard InChI is InChI=1S/C21H32O3S/c1-17(16-25(22,23)13-6-5-12-21(2,3)4)19-8-7-9-20(14-19)24-15-18-10-11-18/h5-9,14,17-18H,10-13,15-16H2,1-4H3/b6-5+/t17-/m0/s1. The molecule has 0 saturated heterocycles. The topological polar surface area (TPSA) is 43.4 Å². The summed E-state index contributed by atoms with van der Waals surface area (Å²) in [5.41, 5.74) is 1.21. The summed E-state index contributed by atoms with van der Waals surface area (Å²) in [5.74, 6) is 1.80. The highest BCUT2D eigenvalue weighted by Gasteiger charge is 2.22. The van der Waals surface area contributed by atoms with Gasteiger partial charge >= 0.3 is 0 Å². The van der Waals surface area contributed by atoms with E-state index in [-0.39, 0.29) is 22.8 Å². The zero-order chi connectivity index (χ0) is 18.5. The van der Waals surface area contributed by atoms with Crippen LogP contribution in [0.4, 0.5) is 0 Å². The van der Waals surface area contributed by atoms with E-state index in [0.29, 0.717) is 5.92 Å². The van der Waals surface area contributed by atoms with Gasteiger partial charge in [0.15, 0.2) is 9.84 Å². The van der Waals surface area contributed by atoms with Gasteiger partial charge in [0.25, 0.3) is 0 Å². The Bertz CT molecular complexity index is 679. The molecule has 1 atom stereocenters. The molecule has 0 aromatic heterocycles. The van der Waals surface area contributed by atoms with Gasteiger partial charge in [-0.05, 0) is 54.2 Å². The van der Waals surface area contributed by atoms with Crippen molar-refractivity contribution in [2.24, 2.45) is 11.3 Å². The third-order valence-corrected chi connectivity index (χ3v) is 6.07. The third-order valence-electron chi connectivity index (χ3n) is 4.36. The van der Waals surface area contributed by atoms with Crippen molar-refractivity contribution < 1.29 is 13.2 Å². The van der Waals surface area contributed by atoms with Crippen molar-refractivity contribution in [2.45, 2.75) is 52.9 Å². The predicted molar refractivity (Wildman–Crippen MR) is 105 cm³/mol. The van der Waals surface area contributed by atoms with Gasteiger partial charge in [-0.15, -0.1) is 0 Å². The lowest BCUT2D eigenvalue weighted by Crippen LogP contribution is -2.15. The fourth-order valence-corrected chi connectivity index (χ4v) is 4.13. The van der Waals surface area contributed by atoms with Gasteiger partial charge in [-0.1, -0.05) is 52.0 Å². The van der Waals surface area contributed by atoms with Crippen LogP contribution in [0.3, 0.4) is 0 Å². The van der Waals surface area contributed by atoms with Crippen molar-refractivity contribution in [1.29, 1.82) is 0 Å². The first-order valence-corrected chi connectivity index (χ1v) is 11.0. The molecule has 0 aliphatic heterocycles. The van der Waals surface area contributed by atoms with Gasteiger partial charge in [0.05, 0.1) is 18.1 Å². The zero-order valence-electron chi connectivity index (χ0n) is 16.0. The minimum Gasteiger partial charge on any atom is -0.493 e. The van der Waals surface area contributed by atoms with E-state index in [1.807, 2.05) is 37.3 Å². The molecule has 0 amide bonds. The summed E-state index contributed by atoms with van der Waals surface area (Å²) in [6.45, 7) is 9.18. The number of allylic oxidation sites excluding steroid dienone is 1. The zero-order valence-corrected chi connectivity index (χ0v) is 16.8. The molecule has 0 bridgehead atoms. The molecule has 0 spiro atoms. The molecule has 0 radical (unpaired) electrons. The van der Waals surface area contributed by atoms with Crippen LogP contribution in [0.25, 0.3) is 0 Å². The van der Waals surface area contributed by atoms with Gasteiger partial charge in [0.1, 0.15) is 5.75 Å². The molecule has 1 aliphatic rings. The van der Waals surface area contributed by atoms with Crippen molar-refractivity contribution in [3.05, 3.63) is 42.0 Å². The van der Waals surface area contributed by atoms with E-state index >= 15 is 0 Å². The van der Waals surface area contributed by atoms with Crippen LogP contribution < -0.4 is 4.74 Å². The van der Waals surface area contributed by atoms with Gasteiger partial charge in [0.2, 0.25) is 0 Å². The Labute approximate surface area is 153 Å². The lowest BCUT2D eigenvalue weighted by molar-refractivity contribution is 0.299. The third kappa shape index (κ3) is 8.08. The van der Waals surface area contributed by atoms with Crippen molar-refractivity contribution in [3.8, 4) is 5.75 Å². The number of ether oxygens (including phenoxy) is 1. The van der Waals surface area contributed by atoms with Crippen LogP contribution in [0, 0.1) is 11.3 Å². The van der Waals surface area contributed by atoms with E-state index in [9.17, 15) is 8.42 Å². The van der Waals surface area contributed by atoms with Crippen molar-refractivity contribution in [1.82, 2.24) is 0 Å². The fourth-order valence-electron chi connectivity index (χ4n) is 2.61. The number of hydrogen-bond donors (Lipinski definition) is 0. The second-order valence-corrected chi connectivity index (χ2v) is 10.7. The first kappa shape index (κ1) is 20.0. The van der Waals surface area contributed by atoms with Crippen LogP contribution in [0.2, 0.25) is 0 Å². The highest BCUT2D eigenvalue weighted by molar-refractivity contribution is 7.91. The molecule has 4 heteroatoms. The molecular weight excluding hydrogens is 332 g/mol. The van der Waals surface area contributed by atoms with Gasteiger partial charge in [-0.2, -0.15) is 0 Å². The largest absolute Gasteiger partial charge is 0.493 e. The summed E-state index contributed by atoms with van der Waals surface area (Å²) in [7, 11) is -3.10. The van der Waals surface area contributed by atoms with E-state index in [2.05, 4.69) is 20.8 Å². The molecule has 1 aromatic carbocycles. The summed E-state index contributed by atoms with van der Waals surface area (Å²) >= 11 is 0. The lowest BCUT2D eigenvalue weighted by atomic mass is 9.92. The minimum atomic E-state index is -3.10. The maximum Gasteiger partial charge on any atom is 0.154 e. The highest BCUT2D eigenvalue weighted by Crippen LogP contribution is 2.30. The molecule has 1 aromatic rings. The number of rotatable bonds is 9. The molecule has 1 aliphatic carbocycles. The molecule has 0 N–H and O–H groups in total. The van der Waals surface area contributed by atoms with Crippen molar-refractivity contribution in [3.63, 3.8) is 0 Å². The normalized spacial score (nSPS) is 17.0. The van der Waals surface area contributed by atoms with Crippen LogP contribution >= 0.6 is 0 Å². The molecule has 3 nitrogen and oxygen atoms in total. The van der Waals surface area contributed by atoms with Crippen LogP contribution in [-0.2, 0) is 9.84 Å². The number of sulfone groups is 1. The average molecular weight is 365 g/mol. The summed E-state index contributed by atoms with van der Waals surface area (Å²) in [5, 5.41) is 0. The Morgan fingerprint density at radius 3 is 2.60 bits per heavy atom. The van der Waals surface area contributed by atoms with Crippen LogP contribution in [0.1, 0.15) is 58.4 Å². The molecule has 1 fully saturated rings. The van der Waals surface area contributed by atoms with Crippen LogP contribution in [0.5, 0.6) is 5.75 Å². The van der Waals surface area contributed by atoms with Gasteiger partial charge in [-0.3, -0.25) is 0 Å². The van der Waals surface area contributed by atoms with Crippen LogP contribution in [0.15, 0.2) is 36.4 Å². The lowest BCUT2D eigenvalue weighted by Gasteiger charge is -2.15.